The number of nitrogens with zero attached hydrogens (tertiary/aromatic N) is 4. The van der Waals surface area contributed by atoms with Gasteiger partial charge in [0.15, 0.2) is 0 Å². The van der Waals surface area contributed by atoms with Crippen LogP contribution in [0.2, 0.25) is 0 Å². The predicted octanol–water partition coefficient (Wildman–Crippen LogP) is 2.14. The highest BCUT2D eigenvalue weighted by Crippen LogP contribution is 2.17. The van der Waals surface area contributed by atoms with Crippen molar-refractivity contribution in [1.29, 1.82) is 0 Å². The molecule has 0 saturated carbocycles. The lowest BCUT2D eigenvalue weighted by Crippen LogP contribution is -2.26. The molecule has 120 valence electrons. The molecule has 0 aliphatic rings. The van der Waals surface area contributed by atoms with Gasteiger partial charge in [-0.2, -0.15) is 10.2 Å². The van der Waals surface area contributed by atoms with Gasteiger partial charge in [0.1, 0.15) is 0 Å². The van der Waals surface area contributed by atoms with Crippen molar-refractivity contribution in [3.63, 3.8) is 0 Å². The summed E-state index contributed by atoms with van der Waals surface area (Å²) in [6, 6.07) is 8.03. The molecule has 3 rings (SSSR count). The van der Waals surface area contributed by atoms with E-state index >= 15 is 0 Å². The molecule has 1 aromatic carbocycles. The highest BCUT2D eigenvalue weighted by molar-refractivity contribution is 5.82. The molecule has 2 heterocycles. The Morgan fingerprint density at radius 2 is 2.13 bits per heavy atom. The van der Waals surface area contributed by atoms with Gasteiger partial charge in [0, 0.05) is 37.3 Å². The minimum atomic E-state index is 0.0581. The second-order valence-electron chi connectivity index (χ2n) is 5.60. The van der Waals surface area contributed by atoms with E-state index in [1.165, 1.54) is 5.56 Å². The lowest BCUT2D eigenvalue weighted by Gasteiger charge is -2.07. The third-order valence-electron chi connectivity index (χ3n) is 3.86. The molecule has 0 saturated heterocycles. The number of rotatable bonds is 7. The van der Waals surface area contributed by atoms with Gasteiger partial charge in [0.25, 0.3) is 0 Å². The highest BCUT2D eigenvalue weighted by atomic mass is 16.1. The minimum Gasteiger partial charge on any atom is -0.356 e. The van der Waals surface area contributed by atoms with Crippen LogP contribution < -0.4 is 5.32 Å². The van der Waals surface area contributed by atoms with Gasteiger partial charge in [-0.25, -0.2) is 0 Å². The largest absolute Gasteiger partial charge is 0.356 e. The smallest absolute Gasteiger partial charge is 0.221 e. The number of amides is 1. The van der Waals surface area contributed by atoms with Gasteiger partial charge in [-0.15, -0.1) is 0 Å². The number of para-hydroxylation sites is 1. The second kappa shape index (κ2) is 7.09. The normalized spacial score (nSPS) is 11.0. The molecule has 2 aromatic heterocycles. The van der Waals surface area contributed by atoms with Crippen molar-refractivity contribution in [2.75, 3.05) is 6.54 Å². The summed E-state index contributed by atoms with van der Waals surface area (Å²) in [5.74, 6) is 0.0581. The van der Waals surface area contributed by atoms with Gasteiger partial charge in [0.2, 0.25) is 5.91 Å². The van der Waals surface area contributed by atoms with E-state index in [0.29, 0.717) is 19.5 Å². The summed E-state index contributed by atoms with van der Waals surface area (Å²) in [5.41, 5.74) is 2.29. The summed E-state index contributed by atoms with van der Waals surface area (Å²) in [6.07, 6.45) is 6.84. The van der Waals surface area contributed by atoms with Crippen LogP contribution in [0, 0.1) is 6.92 Å². The summed E-state index contributed by atoms with van der Waals surface area (Å²) in [5, 5.41) is 12.6. The lowest BCUT2D eigenvalue weighted by molar-refractivity contribution is -0.121. The topological polar surface area (TPSA) is 64.7 Å². The van der Waals surface area contributed by atoms with Crippen LogP contribution in [0.5, 0.6) is 0 Å². The van der Waals surface area contributed by atoms with Crippen molar-refractivity contribution >= 4 is 16.8 Å². The van der Waals surface area contributed by atoms with E-state index in [-0.39, 0.29) is 5.91 Å². The fourth-order valence-electron chi connectivity index (χ4n) is 2.70. The maximum Gasteiger partial charge on any atom is 0.221 e. The summed E-state index contributed by atoms with van der Waals surface area (Å²) >= 11 is 0. The number of fused-ring (bicyclic) bond motifs is 1. The van der Waals surface area contributed by atoms with E-state index in [4.69, 9.17) is 0 Å². The molecule has 1 amide bonds. The molecule has 1 N–H and O–H groups in total. The molecule has 0 radical (unpaired) electrons. The zero-order valence-electron chi connectivity index (χ0n) is 13.3. The molecule has 23 heavy (non-hydrogen) atoms. The number of nitrogens with one attached hydrogen (secondary N) is 1. The number of carbonyl (C=O) groups excluding carboxylic acids is 1. The first-order valence-electron chi connectivity index (χ1n) is 7.89. The van der Waals surface area contributed by atoms with Gasteiger partial charge in [-0.3, -0.25) is 14.2 Å². The number of hydrogen-bond donors (Lipinski definition) is 1. The molecule has 6 nitrogen and oxygen atoms in total. The number of carbonyl (C=O) groups is 1. The van der Waals surface area contributed by atoms with E-state index in [1.807, 2.05) is 40.0 Å². The Morgan fingerprint density at radius 1 is 1.22 bits per heavy atom. The molecule has 0 aliphatic carbocycles. The van der Waals surface area contributed by atoms with Crippen LogP contribution in [0.15, 0.2) is 42.9 Å². The third kappa shape index (κ3) is 3.77. The van der Waals surface area contributed by atoms with Crippen LogP contribution in [0.4, 0.5) is 0 Å². The first-order chi connectivity index (χ1) is 11.2. The second-order valence-corrected chi connectivity index (χ2v) is 5.60. The summed E-state index contributed by atoms with van der Waals surface area (Å²) in [6.45, 7) is 4.14. The summed E-state index contributed by atoms with van der Waals surface area (Å²) in [4.78, 5) is 11.9. The van der Waals surface area contributed by atoms with Crippen molar-refractivity contribution < 1.29 is 4.79 Å². The highest BCUT2D eigenvalue weighted by Gasteiger charge is 2.07. The molecular weight excluding hydrogens is 290 g/mol. The Morgan fingerprint density at radius 3 is 2.96 bits per heavy atom. The molecule has 3 aromatic rings. The quantitative estimate of drug-likeness (QED) is 0.680. The molecule has 0 atom stereocenters. The van der Waals surface area contributed by atoms with Gasteiger partial charge in [-0.05, 0) is 25.0 Å². The molecular formula is C17H21N5O. The van der Waals surface area contributed by atoms with Crippen LogP contribution in [-0.2, 0) is 17.9 Å². The van der Waals surface area contributed by atoms with E-state index in [0.717, 1.165) is 23.9 Å². The molecule has 6 heteroatoms. The first kappa shape index (κ1) is 15.3. The SMILES string of the molecule is Cc1cccc2cnn(CCC(=O)NCCCn3cccn3)c12. The van der Waals surface area contributed by atoms with Crippen molar-refractivity contribution in [2.45, 2.75) is 32.9 Å². The van der Waals surface area contributed by atoms with Crippen molar-refractivity contribution in [1.82, 2.24) is 24.9 Å². The van der Waals surface area contributed by atoms with E-state index < -0.39 is 0 Å². The first-order valence-corrected chi connectivity index (χ1v) is 7.89. The van der Waals surface area contributed by atoms with Crippen molar-refractivity contribution in [2.24, 2.45) is 0 Å². The Bertz CT molecular complexity index is 775. The zero-order chi connectivity index (χ0) is 16.1. The van der Waals surface area contributed by atoms with Crippen LogP contribution >= 0.6 is 0 Å². The third-order valence-corrected chi connectivity index (χ3v) is 3.86. The summed E-state index contributed by atoms with van der Waals surface area (Å²) in [7, 11) is 0. The van der Waals surface area contributed by atoms with E-state index in [2.05, 4.69) is 28.5 Å². The summed E-state index contributed by atoms with van der Waals surface area (Å²) < 4.78 is 3.78. The van der Waals surface area contributed by atoms with Crippen LogP contribution in [0.25, 0.3) is 10.9 Å². The molecule has 0 unspecified atom stereocenters. The van der Waals surface area contributed by atoms with Crippen LogP contribution in [0.3, 0.4) is 0 Å². The van der Waals surface area contributed by atoms with Crippen molar-refractivity contribution in [3.05, 3.63) is 48.4 Å². The molecule has 0 bridgehead atoms. The average molecular weight is 311 g/mol. The van der Waals surface area contributed by atoms with Crippen molar-refractivity contribution in [3.8, 4) is 0 Å². The number of aromatic nitrogens is 4. The van der Waals surface area contributed by atoms with Gasteiger partial charge in [0.05, 0.1) is 18.3 Å². The Labute approximate surface area is 135 Å². The maximum atomic E-state index is 11.9. The lowest BCUT2D eigenvalue weighted by atomic mass is 10.2. The van der Waals surface area contributed by atoms with Crippen LogP contribution in [-0.4, -0.2) is 32.0 Å². The number of benzene rings is 1. The van der Waals surface area contributed by atoms with Crippen LogP contribution in [0.1, 0.15) is 18.4 Å². The Hall–Kier alpha value is -2.63. The Kier molecular flexibility index (Phi) is 4.71. The fourth-order valence-corrected chi connectivity index (χ4v) is 2.70. The molecule has 0 spiro atoms. The monoisotopic (exact) mass is 311 g/mol. The molecule has 0 aliphatic heterocycles. The predicted molar refractivity (Wildman–Crippen MR) is 88.9 cm³/mol. The number of aryl methyl sites for hydroxylation is 3. The Balaban J connectivity index is 1.45. The average Bonchev–Trinajstić information content (AvgIpc) is 3.20. The standard InChI is InChI=1S/C17H21N5O/c1-14-5-2-6-15-13-20-22(17(14)15)12-7-16(23)18-8-3-10-21-11-4-9-19-21/h2,4-6,9,11,13H,3,7-8,10,12H2,1H3,(H,18,23). The van der Waals surface area contributed by atoms with Gasteiger partial charge in [-0.1, -0.05) is 18.2 Å². The van der Waals surface area contributed by atoms with Gasteiger partial charge < -0.3 is 5.32 Å². The van der Waals surface area contributed by atoms with E-state index in [1.54, 1.807) is 6.20 Å². The molecule has 0 fully saturated rings. The minimum absolute atomic E-state index is 0.0581. The zero-order valence-corrected chi connectivity index (χ0v) is 13.3. The fraction of sp³-hybridized carbons (Fsp3) is 0.353. The van der Waals surface area contributed by atoms with Gasteiger partial charge >= 0.3 is 0 Å². The maximum absolute atomic E-state index is 11.9. The van der Waals surface area contributed by atoms with E-state index in [9.17, 15) is 4.79 Å². The number of hydrogen-bond acceptors (Lipinski definition) is 3.